The van der Waals surface area contributed by atoms with Crippen LogP contribution < -0.4 is 19.7 Å². The Morgan fingerprint density at radius 3 is 2.52 bits per heavy atom. The Morgan fingerprint density at radius 1 is 0.935 bits per heavy atom. The molecule has 0 bridgehead atoms. The Balaban J connectivity index is 1.20. The number of carbonyl (C=O) groups is 1. The second kappa shape index (κ2) is 8.10. The van der Waals surface area contributed by atoms with E-state index in [4.69, 9.17) is 9.47 Å². The van der Waals surface area contributed by atoms with Crippen molar-refractivity contribution < 1.29 is 18.7 Å². The van der Waals surface area contributed by atoms with E-state index in [0.29, 0.717) is 31.9 Å². The predicted molar refractivity (Wildman–Crippen MR) is 113 cm³/mol. The summed E-state index contributed by atoms with van der Waals surface area (Å²) in [6.07, 6.45) is 0. The molecule has 1 saturated heterocycles. The fourth-order valence-electron chi connectivity index (χ4n) is 3.60. The van der Waals surface area contributed by atoms with Gasteiger partial charge in [-0.1, -0.05) is 12.1 Å². The molecule has 3 heterocycles. The monoisotopic (exact) mass is 421 g/mol. The van der Waals surface area contributed by atoms with E-state index in [9.17, 15) is 9.18 Å². The Morgan fingerprint density at radius 2 is 1.74 bits per heavy atom. The molecule has 9 heteroatoms. The number of rotatable bonds is 3. The van der Waals surface area contributed by atoms with Crippen molar-refractivity contribution in [2.24, 2.45) is 0 Å². The van der Waals surface area contributed by atoms with Gasteiger partial charge in [-0.15, -0.1) is 10.2 Å². The second-order valence-corrected chi connectivity index (χ2v) is 7.23. The molecule has 2 aromatic carbocycles. The van der Waals surface area contributed by atoms with E-state index < -0.39 is 5.82 Å². The molecule has 0 aliphatic carbocycles. The molecule has 0 saturated carbocycles. The van der Waals surface area contributed by atoms with Gasteiger partial charge in [0.05, 0.1) is 11.4 Å². The van der Waals surface area contributed by atoms with E-state index in [1.54, 1.807) is 23.1 Å². The van der Waals surface area contributed by atoms with E-state index in [2.05, 4.69) is 20.4 Å². The van der Waals surface area contributed by atoms with Crippen molar-refractivity contribution in [3.8, 4) is 22.8 Å². The third kappa shape index (κ3) is 3.94. The number of nitrogens with one attached hydrogen (secondary N) is 1. The Kier molecular flexibility index (Phi) is 4.99. The quantitative estimate of drug-likeness (QED) is 0.699. The molecule has 0 atom stereocenters. The number of halogens is 1. The molecule has 3 aromatic rings. The van der Waals surface area contributed by atoms with Gasteiger partial charge in [-0.25, -0.2) is 9.18 Å². The van der Waals surface area contributed by atoms with Crippen molar-refractivity contribution in [3.63, 3.8) is 0 Å². The number of hydrogen-bond acceptors (Lipinski definition) is 6. The number of hydrogen-bond donors (Lipinski definition) is 1. The van der Waals surface area contributed by atoms with Crippen LogP contribution in [0.2, 0.25) is 0 Å². The van der Waals surface area contributed by atoms with Crippen LogP contribution in [0.5, 0.6) is 11.5 Å². The molecule has 0 radical (unpaired) electrons. The number of carbonyl (C=O) groups excluding carboxylic acids is 1. The smallest absolute Gasteiger partial charge is 0.322 e. The zero-order valence-corrected chi connectivity index (χ0v) is 16.6. The minimum atomic E-state index is -0.452. The second-order valence-electron chi connectivity index (χ2n) is 7.23. The summed E-state index contributed by atoms with van der Waals surface area (Å²) in [5, 5.41) is 11.3. The van der Waals surface area contributed by atoms with Crippen LogP contribution in [0.1, 0.15) is 0 Å². The van der Waals surface area contributed by atoms with Gasteiger partial charge < -0.3 is 24.6 Å². The molecule has 2 aliphatic heterocycles. The van der Waals surface area contributed by atoms with Gasteiger partial charge in [-0.3, -0.25) is 0 Å². The number of fused-ring (bicyclic) bond motifs is 1. The lowest BCUT2D eigenvalue weighted by Gasteiger charge is -2.35. The lowest BCUT2D eigenvalue weighted by molar-refractivity contribution is 0.174. The standard InChI is InChI=1S/C22H20FN5O3/c23-16-3-1-2-4-18(16)24-22(29)28-11-9-27(10-12-28)21-8-6-17(25-26-21)15-5-7-19-20(13-15)31-14-30-19/h1-8,13H,9-12,14H2,(H,24,29). The van der Waals surface area contributed by atoms with E-state index in [0.717, 1.165) is 22.8 Å². The van der Waals surface area contributed by atoms with Crippen LogP contribution in [0, 0.1) is 5.82 Å². The summed E-state index contributed by atoms with van der Waals surface area (Å²) in [7, 11) is 0. The highest BCUT2D eigenvalue weighted by Gasteiger charge is 2.23. The van der Waals surface area contributed by atoms with Crippen molar-refractivity contribution in [1.29, 1.82) is 0 Å². The topological polar surface area (TPSA) is 79.8 Å². The molecule has 31 heavy (non-hydrogen) atoms. The largest absolute Gasteiger partial charge is 0.454 e. The molecule has 0 spiro atoms. The molecule has 1 N–H and O–H groups in total. The molecule has 2 aliphatic rings. The molecule has 5 rings (SSSR count). The number of nitrogens with zero attached hydrogens (tertiary/aromatic N) is 4. The fraction of sp³-hybridized carbons (Fsp3) is 0.227. The van der Waals surface area contributed by atoms with Crippen molar-refractivity contribution in [3.05, 3.63) is 60.4 Å². The predicted octanol–water partition coefficient (Wildman–Crippen LogP) is 3.37. The van der Waals surface area contributed by atoms with Crippen molar-refractivity contribution in [2.75, 3.05) is 43.2 Å². The van der Waals surface area contributed by atoms with Gasteiger partial charge in [0, 0.05) is 31.7 Å². The molecule has 1 aromatic heterocycles. The molecule has 0 unspecified atom stereocenters. The first-order chi connectivity index (χ1) is 15.2. The number of amides is 2. The zero-order valence-electron chi connectivity index (χ0n) is 16.6. The van der Waals surface area contributed by atoms with E-state index in [1.807, 2.05) is 30.3 Å². The number of para-hydroxylation sites is 1. The summed E-state index contributed by atoms with van der Waals surface area (Å²) in [6.45, 7) is 2.47. The number of ether oxygens (including phenoxy) is 2. The van der Waals surface area contributed by atoms with Crippen LogP contribution in [0.25, 0.3) is 11.3 Å². The van der Waals surface area contributed by atoms with Crippen LogP contribution >= 0.6 is 0 Å². The summed E-state index contributed by atoms with van der Waals surface area (Å²) in [5.41, 5.74) is 1.82. The average Bonchev–Trinajstić information content (AvgIpc) is 3.29. The molecule has 8 nitrogen and oxygen atoms in total. The summed E-state index contributed by atoms with van der Waals surface area (Å²) in [6, 6.07) is 15.3. The highest BCUT2D eigenvalue weighted by Crippen LogP contribution is 2.35. The lowest BCUT2D eigenvalue weighted by Crippen LogP contribution is -2.50. The first-order valence-corrected chi connectivity index (χ1v) is 9.96. The minimum absolute atomic E-state index is 0.180. The first kappa shape index (κ1) is 19.1. The minimum Gasteiger partial charge on any atom is -0.454 e. The molecule has 2 amide bonds. The molecular formula is C22H20FN5O3. The Hall–Kier alpha value is -3.88. The van der Waals surface area contributed by atoms with E-state index in [1.165, 1.54) is 6.07 Å². The number of piperazine rings is 1. The first-order valence-electron chi connectivity index (χ1n) is 9.96. The third-order valence-corrected chi connectivity index (χ3v) is 5.33. The maximum Gasteiger partial charge on any atom is 0.322 e. The van der Waals surface area contributed by atoms with Gasteiger partial charge in [0.15, 0.2) is 17.3 Å². The third-order valence-electron chi connectivity index (χ3n) is 5.33. The maximum absolute atomic E-state index is 13.8. The van der Waals surface area contributed by atoms with Gasteiger partial charge >= 0.3 is 6.03 Å². The molecular weight excluding hydrogens is 401 g/mol. The summed E-state index contributed by atoms with van der Waals surface area (Å²) in [4.78, 5) is 16.2. The zero-order chi connectivity index (χ0) is 21.2. The maximum atomic E-state index is 13.8. The van der Waals surface area contributed by atoms with Crippen molar-refractivity contribution in [2.45, 2.75) is 0 Å². The number of urea groups is 1. The summed E-state index contributed by atoms with van der Waals surface area (Å²) >= 11 is 0. The fourth-order valence-corrected chi connectivity index (χ4v) is 3.60. The van der Waals surface area contributed by atoms with Crippen molar-refractivity contribution >= 4 is 17.5 Å². The van der Waals surface area contributed by atoms with E-state index >= 15 is 0 Å². The van der Waals surface area contributed by atoms with E-state index in [-0.39, 0.29) is 18.5 Å². The van der Waals surface area contributed by atoms with Crippen LogP contribution in [0.4, 0.5) is 20.7 Å². The number of anilines is 2. The summed E-state index contributed by atoms with van der Waals surface area (Å²) < 4.78 is 24.5. The van der Waals surface area contributed by atoms with Crippen LogP contribution in [0.15, 0.2) is 54.6 Å². The Bertz CT molecular complexity index is 1100. The van der Waals surface area contributed by atoms with Crippen LogP contribution in [0.3, 0.4) is 0 Å². The SMILES string of the molecule is O=C(Nc1ccccc1F)N1CCN(c2ccc(-c3ccc4c(c3)OCO4)nn2)CC1. The van der Waals surface area contributed by atoms with Gasteiger partial charge in [0.1, 0.15) is 5.82 Å². The molecule has 1 fully saturated rings. The van der Waals surface area contributed by atoms with Gasteiger partial charge in [-0.2, -0.15) is 0 Å². The van der Waals surface area contributed by atoms with Gasteiger partial charge in [0.25, 0.3) is 0 Å². The number of benzene rings is 2. The average molecular weight is 421 g/mol. The van der Waals surface area contributed by atoms with Crippen molar-refractivity contribution in [1.82, 2.24) is 15.1 Å². The van der Waals surface area contributed by atoms with Gasteiger partial charge in [-0.05, 0) is 42.5 Å². The van der Waals surface area contributed by atoms with Crippen LogP contribution in [-0.2, 0) is 0 Å². The summed E-state index contributed by atoms with van der Waals surface area (Å²) in [5.74, 6) is 1.73. The normalized spacial score (nSPS) is 15.1. The highest BCUT2D eigenvalue weighted by molar-refractivity contribution is 5.89. The van der Waals surface area contributed by atoms with Crippen LogP contribution in [-0.4, -0.2) is 54.1 Å². The van der Waals surface area contributed by atoms with Gasteiger partial charge in [0.2, 0.25) is 6.79 Å². The Labute approximate surface area is 178 Å². The highest BCUT2D eigenvalue weighted by atomic mass is 19.1. The lowest BCUT2D eigenvalue weighted by atomic mass is 10.1. The molecule has 158 valence electrons. The number of aromatic nitrogens is 2.